The number of aromatic amines is 1. The fourth-order valence-electron chi connectivity index (χ4n) is 5.04. The number of aromatic nitrogens is 3. The lowest BCUT2D eigenvalue weighted by atomic mass is 9.91. The second-order valence-corrected chi connectivity index (χ2v) is 8.70. The number of nitrogens with zero attached hydrogens (tertiary/aromatic N) is 2. The van der Waals surface area contributed by atoms with Crippen LogP contribution in [0.4, 0.5) is 4.39 Å². The van der Waals surface area contributed by atoms with E-state index in [2.05, 4.69) is 26.9 Å². The molecule has 0 bridgehead atoms. The highest BCUT2D eigenvalue weighted by Gasteiger charge is 2.28. The van der Waals surface area contributed by atoms with E-state index in [1.54, 1.807) is 30.5 Å². The van der Waals surface area contributed by atoms with Crippen LogP contribution in [0.5, 0.6) is 0 Å². The minimum atomic E-state index is -0.958. The van der Waals surface area contributed by atoms with Crippen molar-refractivity contribution in [1.82, 2.24) is 14.8 Å². The summed E-state index contributed by atoms with van der Waals surface area (Å²) in [5.74, 6) is -1.11. The molecule has 1 aliphatic rings. The van der Waals surface area contributed by atoms with Gasteiger partial charge in [-0.05, 0) is 66.9 Å². The van der Waals surface area contributed by atoms with Crippen molar-refractivity contribution in [2.45, 2.75) is 18.8 Å². The van der Waals surface area contributed by atoms with Gasteiger partial charge in [0.1, 0.15) is 5.82 Å². The average Bonchev–Trinajstić information content (AvgIpc) is 3.45. The Morgan fingerprint density at radius 3 is 2.62 bits per heavy atom. The minimum Gasteiger partial charge on any atom is -0.478 e. The van der Waals surface area contributed by atoms with Crippen LogP contribution in [0.2, 0.25) is 0 Å². The van der Waals surface area contributed by atoms with Gasteiger partial charge in [-0.15, -0.1) is 0 Å². The minimum absolute atomic E-state index is 0.136. The summed E-state index contributed by atoms with van der Waals surface area (Å²) in [7, 11) is 0. The van der Waals surface area contributed by atoms with Gasteiger partial charge < -0.3 is 14.4 Å². The van der Waals surface area contributed by atoms with E-state index in [9.17, 15) is 14.3 Å². The Bertz CT molecular complexity index is 1510. The van der Waals surface area contributed by atoms with Crippen molar-refractivity contribution in [3.05, 3.63) is 83.9 Å². The van der Waals surface area contributed by atoms with Gasteiger partial charge in [-0.3, -0.25) is 5.10 Å². The van der Waals surface area contributed by atoms with Gasteiger partial charge in [-0.25, -0.2) is 9.18 Å². The third-order valence-corrected chi connectivity index (χ3v) is 6.62. The molecule has 6 rings (SSSR count). The van der Waals surface area contributed by atoms with Gasteiger partial charge in [-0.1, -0.05) is 12.1 Å². The number of carboxylic acid groups (broad SMARTS) is 1. The Hall–Kier alpha value is -3.97. The maximum absolute atomic E-state index is 13.8. The molecule has 3 aromatic carbocycles. The molecule has 0 aliphatic carbocycles. The number of fused-ring (bicyclic) bond motifs is 2. The van der Waals surface area contributed by atoms with Gasteiger partial charge in [0.25, 0.3) is 0 Å². The monoisotopic (exact) mass is 455 g/mol. The van der Waals surface area contributed by atoms with Crippen LogP contribution in [-0.2, 0) is 4.74 Å². The van der Waals surface area contributed by atoms with Crippen molar-refractivity contribution < 1.29 is 19.0 Å². The molecule has 170 valence electrons. The Labute approximate surface area is 194 Å². The predicted molar refractivity (Wildman–Crippen MR) is 128 cm³/mol. The molecule has 2 aromatic heterocycles. The van der Waals surface area contributed by atoms with Gasteiger partial charge in [0.05, 0.1) is 29.4 Å². The molecule has 0 unspecified atom stereocenters. The summed E-state index contributed by atoms with van der Waals surface area (Å²) < 4.78 is 21.9. The number of hydrogen-bond donors (Lipinski definition) is 2. The maximum atomic E-state index is 13.8. The molecule has 1 aliphatic heterocycles. The van der Waals surface area contributed by atoms with Crippen molar-refractivity contribution in [1.29, 1.82) is 0 Å². The molecule has 0 radical (unpaired) electrons. The number of H-pyrrole nitrogens is 1. The highest BCUT2D eigenvalue weighted by molar-refractivity contribution is 6.06. The van der Waals surface area contributed by atoms with Crippen LogP contribution in [-0.4, -0.2) is 39.1 Å². The number of hydrogen-bond acceptors (Lipinski definition) is 3. The molecule has 7 heteroatoms. The lowest BCUT2D eigenvalue weighted by Gasteiger charge is -2.26. The van der Waals surface area contributed by atoms with Crippen molar-refractivity contribution in [2.24, 2.45) is 0 Å². The zero-order valence-corrected chi connectivity index (χ0v) is 18.3. The average molecular weight is 455 g/mol. The van der Waals surface area contributed by atoms with E-state index in [-0.39, 0.29) is 17.3 Å². The van der Waals surface area contributed by atoms with Crippen LogP contribution in [0, 0.1) is 5.82 Å². The molecular weight excluding hydrogens is 433 g/mol. The first-order valence-electron chi connectivity index (χ1n) is 11.3. The topological polar surface area (TPSA) is 80.1 Å². The Morgan fingerprint density at radius 2 is 1.91 bits per heavy atom. The molecule has 1 fully saturated rings. The SMILES string of the molecule is O=C(O)c1ccc(-c2c([C@H]3CCCOC3)n(-c3ccc(F)cc3)c3cc4cn[nH]c4cc23)cc1. The van der Waals surface area contributed by atoms with E-state index < -0.39 is 5.97 Å². The summed E-state index contributed by atoms with van der Waals surface area (Å²) >= 11 is 0. The zero-order valence-electron chi connectivity index (χ0n) is 18.3. The summed E-state index contributed by atoms with van der Waals surface area (Å²) in [6.07, 6.45) is 3.72. The van der Waals surface area contributed by atoms with E-state index in [1.165, 1.54) is 12.1 Å². The highest BCUT2D eigenvalue weighted by atomic mass is 19.1. The number of nitrogens with one attached hydrogen (secondary N) is 1. The van der Waals surface area contributed by atoms with Crippen LogP contribution in [0.25, 0.3) is 38.6 Å². The Balaban J connectivity index is 1.71. The summed E-state index contributed by atoms with van der Waals surface area (Å²) in [6, 6.07) is 17.7. The molecule has 1 atom stereocenters. The maximum Gasteiger partial charge on any atom is 0.335 e. The number of aromatic carboxylic acids is 1. The van der Waals surface area contributed by atoms with Crippen LogP contribution < -0.4 is 0 Å². The molecule has 5 aromatic rings. The fourth-order valence-corrected chi connectivity index (χ4v) is 5.04. The van der Waals surface area contributed by atoms with E-state index in [4.69, 9.17) is 4.74 Å². The second-order valence-electron chi connectivity index (χ2n) is 8.70. The molecule has 0 amide bonds. The Morgan fingerprint density at radius 1 is 1.12 bits per heavy atom. The molecule has 1 saturated heterocycles. The van der Waals surface area contributed by atoms with Crippen LogP contribution >= 0.6 is 0 Å². The van der Waals surface area contributed by atoms with Crippen molar-refractivity contribution in [3.8, 4) is 16.8 Å². The van der Waals surface area contributed by atoms with Gasteiger partial charge in [0.2, 0.25) is 0 Å². The van der Waals surface area contributed by atoms with Gasteiger partial charge in [0, 0.05) is 40.2 Å². The largest absolute Gasteiger partial charge is 0.478 e. The smallest absolute Gasteiger partial charge is 0.335 e. The number of carbonyl (C=O) groups is 1. The molecule has 34 heavy (non-hydrogen) atoms. The molecule has 0 spiro atoms. The van der Waals surface area contributed by atoms with Crippen LogP contribution in [0.1, 0.15) is 34.8 Å². The first-order valence-corrected chi connectivity index (χ1v) is 11.3. The van der Waals surface area contributed by atoms with Crippen molar-refractivity contribution in [3.63, 3.8) is 0 Å². The number of benzene rings is 3. The van der Waals surface area contributed by atoms with Gasteiger partial charge >= 0.3 is 5.97 Å². The summed E-state index contributed by atoms with van der Waals surface area (Å²) in [5, 5.41) is 18.6. The van der Waals surface area contributed by atoms with Gasteiger partial charge in [0.15, 0.2) is 0 Å². The second kappa shape index (κ2) is 8.11. The van der Waals surface area contributed by atoms with Crippen LogP contribution in [0.3, 0.4) is 0 Å². The fraction of sp³-hybridized carbons (Fsp3) is 0.185. The molecule has 2 N–H and O–H groups in total. The van der Waals surface area contributed by atoms with Gasteiger partial charge in [-0.2, -0.15) is 5.10 Å². The third kappa shape index (κ3) is 3.36. The molecule has 6 nitrogen and oxygen atoms in total. The summed E-state index contributed by atoms with van der Waals surface area (Å²) in [4.78, 5) is 11.4. The number of ether oxygens (including phenoxy) is 1. The number of halogens is 1. The molecule has 0 saturated carbocycles. The first kappa shape index (κ1) is 20.6. The summed E-state index contributed by atoms with van der Waals surface area (Å²) in [5.41, 5.74) is 6.05. The normalized spacial score (nSPS) is 16.3. The van der Waals surface area contributed by atoms with Crippen LogP contribution in [0.15, 0.2) is 66.9 Å². The zero-order chi connectivity index (χ0) is 23.2. The third-order valence-electron chi connectivity index (χ3n) is 6.62. The van der Waals surface area contributed by atoms with Crippen molar-refractivity contribution in [2.75, 3.05) is 13.2 Å². The predicted octanol–water partition coefficient (Wildman–Crippen LogP) is 5.91. The van der Waals surface area contributed by atoms with E-state index in [0.29, 0.717) is 6.61 Å². The van der Waals surface area contributed by atoms with E-state index >= 15 is 0 Å². The highest BCUT2D eigenvalue weighted by Crippen LogP contribution is 2.44. The lowest BCUT2D eigenvalue weighted by Crippen LogP contribution is -2.19. The molecular formula is C27H22FN3O3. The van der Waals surface area contributed by atoms with E-state index in [0.717, 1.165) is 63.8 Å². The van der Waals surface area contributed by atoms with E-state index in [1.807, 2.05) is 12.1 Å². The standard InChI is InChI=1S/C27H22FN3O3/c28-20-7-9-21(10-8-20)31-24-12-19-14-29-30-23(19)13-22(24)25(26(31)18-2-1-11-34-15-18)16-3-5-17(6-4-16)27(32)33/h3-10,12-14,18H,1-2,11,15H2,(H,29,30)(H,32,33)/t18-/m0/s1. The molecule has 3 heterocycles. The Kier molecular flexibility index (Phi) is 4.92. The number of rotatable bonds is 4. The van der Waals surface area contributed by atoms with Crippen molar-refractivity contribution >= 4 is 27.8 Å². The quantitative estimate of drug-likeness (QED) is 0.353. The number of carboxylic acids is 1. The lowest BCUT2D eigenvalue weighted by molar-refractivity contribution is 0.0697. The summed E-state index contributed by atoms with van der Waals surface area (Å²) in [6.45, 7) is 1.34. The first-order chi connectivity index (χ1) is 16.6.